The zero-order valence-electron chi connectivity index (χ0n) is 16.3. The van der Waals surface area contributed by atoms with Crippen molar-refractivity contribution in [1.82, 2.24) is 16.0 Å². The van der Waals surface area contributed by atoms with Crippen LogP contribution in [0.15, 0.2) is 54.6 Å². The zero-order chi connectivity index (χ0) is 21.9. The van der Waals surface area contributed by atoms with Crippen molar-refractivity contribution in [2.75, 3.05) is 6.61 Å². The predicted molar refractivity (Wildman–Crippen MR) is 110 cm³/mol. The number of urea groups is 1. The number of carbonyl (C=O) groups excluding carboxylic acids is 4. The highest BCUT2D eigenvalue weighted by Crippen LogP contribution is 2.20. The van der Waals surface area contributed by atoms with Crippen molar-refractivity contribution in [2.45, 2.75) is 25.9 Å². The molecule has 0 aliphatic carbocycles. The fraction of sp³-hybridized carbons (Fsp3) is 0.238. The second-order valence-electron chi connectivity index (χ2n) is 6.39. The third-order valence-electron chi connectivity index (χ3n) is 3.93. The van der Waals surface area contributed by atoms with Gasteiger partial charge in [-0.25, -0.2) is 4.79 Å². The molecule has 0 aromatic heterocycles. The Bertz CT molecular complexity index is 887. The number of esters is 1. The van der Waals surface area contributed by atoms with Crippen molar-refractivity contribution in [3.63, 3.8) is 0 Å². The predicted octanol–water partition coefficient (Wildman–Crippen LogP) is 2.48. The van der Waals surface area contributed by atoms with Crippen LogP contribution in [-0.2, 0) is 25.7 Å². The minimum absolute atomic E-state index is 0.186. The smallest absolute Gasteiger partial charge is 0.321 e. The molecule has 0 radical (unpaired) electrons. The molecule has 30 heavy (non-hydrogen) atoms. The molecule has 0 spiro atoms. The summed E-state index contributed by atoms with van der Waals surface area (Å²) in [5, 5.41) is 7.78. The number of hydrogen-bond donors (Lipinski definition) is 3. The molecule has 2 aromatic carbocycles. The van der Waals surface area contributed by atoms with Crippen molar-refractivity contribution in [1.29, 1.82) is 0 Å². The number of hydrogen-bond acceptors (Lipinski definition) is 5. The van der Waals surface area contributed by atoms with Gasteiger partial charge in [-0.1, -0.05) is 54.1 Å². The topological polar surface area (TPSA) is 114 Å². The molecule has 1 atom stereocenters. The lowest BCUT2D eigenvalue weighted by Crippen LogP contribution is -2.41. The molecule has 3 N–H and O–H groups in total. The summed E-state index contributed by atoms with van der Waals surface area (Å²) >= 11 is 5.86. The number of nitrogens with one attached hydrogen (secondary N) is 3. The number of amides is 4. The molecule has 0 aliphatic heterocycles. The van der Waals surface area contributed by atoms with Crippen LogP contribution in [0.4, 0.5) is 4.79 Å². The van der Waals surface area contributed by atoms with Gasteiger partial charge in [-0.05, 0) is 23.3 Å². The van der Waals surface area contributed by atoms with Gasteiger partial charge in [0.1, 0.15) is 0 Å². The Hall–Kier alpha value is -3.39. The van der Waals surface area contributed by atoms with E-state index in [0.29, 0.717) is 10.6 Å². The molecule has 0 aliphatic rings. The van der Waals surface area contributed by atoms with E-state index in [4.69, 9.17) is 16.3 Å². The standard InChI is InChI=1S/C21H22ClN3O5/c1-14(26)24-18(16-7-9-17(22)10-8-16)11-20(28)30-13-19(27)25-21(29)23-12-15-5-3-2-4-6-15/h2-10,18H,11-13H2,1H3,(H,24,26)(H2,23,25,27,29). The first-order chi connectivity index (χ1) is 14.3. The van der Waals surface area contributed by atoms with Gasteiger partial charge in [0.15, 0.2) is 6.61 Å². The van der Waals surface area contributed by atoms with E-state index in [9.17, 15) is 19.2 Å². The largest absolute Gasteiger partial charge is 0.455 e. The molecule has 0 saturated carbocycles. The van der Waals surface area contributed by atoms with Crippen LogP contribution in [0.25, 0.3) is 0 Å². The van der Waals surface area contributed by atoms with E-state index in [1.165, 1.54) is 6.92 Å². The molecule has 0 saturated heterocycles. The Balaban J connectivity index is 1.78. The monoisotopic (exact) mass is 431 g/mol. The maximum atomic E-state index is 12.1. The summed E-state index contributed by atoms with van der Waals surface area (Å²) in [6.07, 6.45) is -0.186. The van der Waals surface area contributed by atoms with Gasteiger partial charge >= 0.3 is 12.0 Å². The van der Waals surface area contributed by atoms with Gasteiger partial charge in [0.2, 0.25) is 5.91 Å². The number of imide groups is 1. The van der Waals surface area contributed by atoms with E-state index in [1.807, 2.05) is 30.3 Å². The van der Waals surface area contributed by atoms with Crippen molar-refractivity contribution >= 4 is 35.4 Å². The molecule has 9 heteroatoms. The highest BCUT2D eigenvalue weighted by atomic mass is 35.5. The summed E-state index contributed by atoms with van der Waals surface area (Å²) in [7, 11) is 0. The quantitative estimate of drug-likeness (QED) is 0.555. The van der Waals surface area contributed by atoms with E-state index < -0.39 is 30.6 Å². The highest BCUT2D eigenvalue weighted by Gasteiger charge is 2.19. The van der Waals surface area contributed by atoms with Crippen molar-refractivity contribution < 1.29 is 23.9 Å². The Kier molecular flexibility index (Phi) is 8.83. The number of ether oxygens (including phenoxy) is 1. The van der Waals surface area contributed by atoms with Crippen LogP contribution >= 0.6 is 11.6 Å². The SMILES string of the molecule is CC(=O)NC(CC(=O)OCC(=O)NC(=O)NCc1ccccc1)c1ccc(Cl)cc1. The third-order valence-corrected chi connectivity index (χ3v) is 4.19. The number of halogens is 1. The first kappa shape index (κ1) is 22.9. The molecule has 2 aromatic rings. The molecule has 1 unspecified atom stereocenters. The highest BCUT2D eigenvalue weighted by molar-refractivity contribution is 6.30. The van der Waals surface area contributed by atoms with Crippen LogP contribution in [0.5, 0.6) is 0 Å². The molecular weight excluding hydrogens is 410 g/mol. The molecule has 2 rings (SSSR count). The molecule has 8 nitrogen and oxygen atoms in total. The fourth-order valence-electron chi connectivity index (χ4n) is 2.55. The fourth-order valence-corrected chi connectivity index (χ4v) is 2.68. The Morgan fingerprint density at radius 3 is 2.30 bits per heavy atom. The molecule has 4 amide bonds. The summed E-state index contributed by atoms with van der Waals surface area (Å²) in [5.74, 6) is -1.80. The normalized spacial score (nSPS) is 11.1. The van der Waals surface area contributed by atoms with E-state index in [0.717, 1.165) is 5.56 Å². The average Bonchev–Trinajstić information content (AvgIpc) is 2.71. The van der Waals surface area contributed by atoms with Crippen LogP contribution < -0.4 is 16.0 Å². The van der Waals surface area contributed by atoms with Gasteiger partial charge in [-0.3, -0.25) is 19.7 Å². The first-order valence-electron chi connectivity index (χ1n) is 9.13. The summed E-state index contributed by atoms with van der Waals surface area (Å²) < 4.78 is 4.92. The lowest BCUT2D eigenvalue weighted by Gasteiger charge is -2.17. The molecule has 158 valence electrons. The van der Waals surface area contributed by atoms with E-state index in [1.54, 1.807) is 24.3 Å². The minimum Gasteiger partial charge on any atom is -0.455 e. The second-order valence-corrected chi connectivity index (χ2v) is 6.82. The van der Waals surface area contributed by atoms with Gasteiger partial charge < -0.3 is 15.4 Å². The molecule has 0 heterocycles. The van der Waals surface area contributed by atoms with Crippen molar-refractivity contribution in [2.24, 2.45) is 0 Å². The second kappa shape index (κ2) is 11.6. The van der Waals surface area contributed by atoms with E-state index in [2.05, 4.69) is 16.0 Å². The van der Waals surface area contributed by atoms with Crippen LogP contribution in [-0.4, -0.2) is 30.4 Å². The lowest BCUT2D eigenvalue weighted by atomic mass is 10.0. The summed E-state index contributed by atoms with van der Waals surface area (Å²) in [5.41, 5.74) is 1.54. The van der Waals surface area contributed by atoms with Crippen LogP contribution in [0.1, 0.15) is 30.5 Å². The number of carbonyl (C=O) groups is 4. The number of benzene rings is 2. The number of rotatable bonds is 8. The van der Waals surface area contributed by atoms with Gasteiger partial charge in [0.05, 0.1) is 12.5 Å². The van der Waals surface area contributed by atoms with E-state index >= 15 is 0 Å². The maximum absolute atomic E-state index is 12.1. The Morgan fingerprint density at radius 1 is 1.00 bits per heavy atom. The lowest BCUT2D eigenvalue weighted by molar-refractivity contribution is -0.148. The van der Waals surface area contributed by atoms with Crippen LogP contribution in [0.3, 0.4) is 0 Å². The molecule has 0 bridgehead atoms. The van der Waals surface area contributed by atoms with Gasteiger partial charge in [0, 0.05) is 18.5 Å². The Labute approximate surface area is 178 Å². The van der Waals surface area contributed by atoms with Gasteiger partial charge in [-0.2, -0.15) is 0 Å². The average molecular weight is 432 g/mol. The zero-order valence-corrected chi connectivity index (χ0v) is 17.1. The molecule has 0 fully saturated rings. The summed E-state index contributed by atoms with van der Waals surface area (Å²) in [6.45, 7) is 0.958. The summed E-state index contributed by atoms with van der Waals surface area (Å²) in [4.78, 5) is 47.1. The van der Waals surface area contributed by atoms with E-state index in [-0.39, 0.29) is 18.9 Å². The van der Waals surface area contributed by atoms with Crippen molar-refractivity contribution in [3.05, 3.63) is 70.7 Å². The van der Waals surface area contributed by atoms with Crippen molar-refractivity contribution in [3.8, 4) is 0 Å². The minimum atomic E-state index is -0.767. The first-order valence-corrected chi connectivity index (χ1v) is 9.51. The van der Waals surface area contributed by atoms with Gasteiger partial charge in [0.25, 0.3) is 5.91 Å². The van der Waals surface area contributed by atoms with Gasteiger partial charge in [-0.15, -0.1) is 0 Å². The molecular formula is C21H22ClN3O5. The van der Waals surface area contributed by atoms with Crippen LogP contribution in [0, 0.1) is 0 Å². The third kappa shape index (κ3) is 8.32. The van der Waals surface area contributed by atoms with Crippen LogP contribution in [0.2, 0.25) is 5.02 Å². The Morgan fingerprint density at radius 2 is 1.67 bits per heavy atom. The maximum Gasteiger partial charge on any atom is 0.321 e. The summed E-state index contributed by atoms with van der Waals surface area (Å²) in [6, 6.07) is 14.5.